The van der Waals surface area contributed by atoms with Gasteiger partial charge < -0.3 is 9.80 Å². The standard InChI is InChI=1S/C18H20FN3O3S/c1-21-10-12-22(13-11-21)18(23)16-4-2-3-5-17(16)20-26(24,25)15-8-6-14(19)7-9-15/h2-9,20H,10-13H2,1H3/p+1. The van der Waals surface area contributed by atoms with Crippen LogP contribution in [0.15, 0.2) is 53.4 Å². The van der Waals surface area contributed by atoms with E-state index in [0.717, 1.165) is 25.2 Å². The summed E-state index contributed by atoms with van der Waals surface area (Å²) < 4.78 is 40.6. The Labute approximate surface area is 152 Å². The fraction of sp³-hybridized carbons (Fsp3) is 0.278. The van der Waals surface area contributed by atoms with E-state index in [1.165, 1.54) is 17.0 Å². The highest BCUT2D eigenvalue weighted by atomic mass is 32.2. The summed E-state index contributed by atoms with van der Waals surface area (Å²) in [7, 11) is -1.84. The lowest BCUT2D eigenvalue weighted by atomic mass is 10.1. The van der Waals surface area contributed by atoms with Gasteiger partial charge in [0.05, 0.1) is 49.4 Å². The van der Waals surface area contributed by atoms with E-state index in [-0.39, 0.29) is 16.5 Å². The number of benzene rings is 2. The number of anilines is 1. The molecule has 0 spiro atoms. The number of amides is 1. The van der Waals surface area contributed by atoms with Crippen LogP contribution < -0.4 is 9.62 Å². The van der Waals surface area contributed by atoms with Crippen LogP contribution in [0.2, 0.25) is 0 Å². The van der Waals surface area contributed by atoms with Crippen molar-refractivity contribution in [3.8, 4) is 0 Å². The molecule has 0 saturated carbocycles. The summed E-state index contributed by atoms with van der Waals surface area (Å²) in [5, 5.41) is 0. The number of rotatable bonds is 4. The van der Waals surface area contributed by atoms with Crippen molar-refractivity contribution in [1.82, 2.24) is 4.90 Å². The zero-order chi connectivity index (χ0) is 18.7. The number of likely N-dealkylation sites (N-methyl/N-ethyl adjacent to an activating group) is 1. The highest BCUT2D eigenvalue weighted by Crippen LogP contribution is 2.22. The van der Waals surface area contributed by atoms with E-state index in [0.29, 0.717) is 18.7 Å². The molecule has 0 aromatic heterocycles. The molecule has 1 aliphatic rings. The van der Waals surface area contributed by atoms with Gasteiger partial charge in [-0.2, -0.15) is 0 Å². The Morgan fingerprint density at radius 3 is 2.35 bits per heavy atom. The number of para-hydroxylation sites is 1. The average Bonchev–Trinajstić information content (AvgIpc) is 2.62. The Morgan fingerprint density at radius 1 is 1.08 bits per heavy atom. The number of nitrogens with zero attached hydrogens (tertiary/aromatic N) is 1. The maximum absolute atomic E-state index is 13.0. The number of sulfonamides is 1. The van der Waals surface area contributed by atoms with Gasteiger partial charge in [0.1, 0.15) is 5.82 Å². The van der Waals surface area contributed by atoms with Gasteiger partial charge in [-0.25, -0.2) is 12.8 Å². The summed E-state index contributed by atoms with van der Waals surface area (Å²) in [6, 6.07) is 11.1. The second kappa shape index (κ2) is 7.43. The molecule has 3 rings (SSSR count). The van der Waals surface area contributed by atoms with Crippen molar-refractivity contribution in [2.45, 2.75) is 4.90 Å². The van der Waals surface area contributed by atoms with E-state index in [1.54, 1.807) is 29.2 Å². The largest absolute Gasteiger partial charge is 0.334 e. The van der Waals surface area contributed by atoms with Crippen LogP contribution >= 0.6 is 0 Å². The van der Waals surface area contributed by atoms with Crippen LogP contribution in [-0.2, 0) is 10.0 Å². The molecule has 0 atom stereocenters. The van der Waals surface area contributed by atoms with Crippen molar-refractivity contribution in [2.75, 3.05) is 37.9 Å². The maximum Gasteiger partial charge on any atom is 0.261 e. The van der Waals surface area contributed by atoms with Gasteiger partial charge in [-0.15, -0.1) is 0 Å². The Morgan fingerprint density at radius 2 is 1.69 bits per heavy atom. The number of quaternary nitrogens is 1. The molecule has 6 nitrogen and oxygen atoms in total. The first-order chi connectivity index (χ1) is 12.4. The summed E-state index contributed by atoms with van der Waals surface area (Å²) in [4.78, 5) is 15.9. The third kappa shape index (κ3) is 4.03. The van der Waals surface area contributed by atoms with Crippen LogP contribution in [-0.4, -0.2) is 52.5 Å². The van der Waals surface area contributed by atoms with Crippen molar-refractivity contribution < 1.29 is 22.5 Å². The third-order valence-corrected chi connectivity index (χ3v) is 5.81. The van der Waals surface area contributed by atoms with Gasteiger partial charge in [-0.1, -0.05) is 12.1 Å². The third-order valence-electron chi connectivity index (χ3n) is 4.43. The lowest BCUT2D eigenvalue weighted by Gasteiger charge is -2.30. The van der Waals surface area contributed by atoms with E-state index in [4.69, 9.17) is 0 Å². The number of piperazine rings is 1. The summed E-state index contributed by atoms with van der Waals surface area (Å²) in [5.41, 5.74) is 0.519. The van der Waals surface area contributed by atoms with E-state index in [9.17, 15) is 17.6 Å². The molecule has 1 amide bonds. The SMILES string of the molecule is C[NH+]1CCN(C(=O)c2ccccc2NS(=O)(=O)c2ccc(F)cc2)CC1. The van der Waals surface area contributed by atoms with Gasteiger partial charge in [0.2, 0.25) is 0 Å². The zero-order valence-corrected chi connectivity index (χ0v) is 15.2. The topological polar surface area (TPSA) is 70.9 Å². The van der Waals surface area contributed by atoms with E-state index in [2.05, 4.69) is 11.8 Å². The number of halogens is 1. The number of hydrogen-bond donors (Lipinski definition) is 2. The van der Waals surface area contributed by atoms with Gasteiger partial charge in [0, 0.05) is 0 Å². The predicted molar refractivity (Wildman–Crippen MR) is 96.2 cm³/mol. The normalized spacial score (nSPS) is 15.7. The highest BCUT2D eigenvalue weighted by molar-refractivity contribution is 7.92. The van der Waals surface area contributed by atoms with Crippen molar-refractivity contribution in [3.63, 3.8) is 0 Å². The minimum atomic E-state index is -3.92. The number of carbonyl (C=O) groups excluding carboxylic acids is 1. The predicted octanol–water partition coefficient (Wildman–Crippen LogP) is 0.597. The van der Waals surface area contributed by atoms with Gasteiger partial charge in [-0.3, -0.25) is 9.52 Å². The molecule has 1 aliphatic heterocycles. The van der Waals surface area contributed by atoms with Gasteiger partial charge in [0.15, 0.2) is 0 Å². The van der Waals surface area contributed by atoms with Crippen LogP contribution in [0.4, 0.5) is 10.1 Å². The minimum Gasteiger partial charge on any atom is -0.334 e. The summed E-state index contributed by atoms with van der Waals surface area (Å²) in [6.07, 6.45) is 0. The number of carbonyl (C=O) groups is 1. The molecule has 0 radical (unpaired) electrons. The fourth-order valence-corrected chi connectivity index (χ4v) is 3.92. The lowest BCUT2D eigenvalue weighted by Crippen LogP contribution is -3.12. The molecule has 0 bridgehead atoms. The maximum atomic E-state index is 13.0. The average molecular weight is 378 g/mol. The van der Waals surface area contributed by atoms with E-state index < -0.39 is 15.8 Å². The molecule has 1 fully saturated rings. The van der Waals surface area contributed by atoms with Gasteiger partial charge in [-0.05, 0) is 36.4 Å². The number of nitrogens with one attached hydrogen (secondary N) is 2. The zero-order valence-electron chi connectivity index (χ0n) is 14.4. The molecular weight excluding hydrogens is 357 g/mol. The molecule has 2 aromatic rings. The Hall–Kier alpha value is -2.45. The molecule has 0 unspecified atom stereocenters. The Kier molecular flexibility index (Phi) is 5.24. The van der Waals surface area contributed by atoms with Crippen LogP contribution in [0.3, 0.4) is 0 Å². The van der Waals surface area contributed by atoms with Crippen LogP contribution in [0.1, 0.15) is 10.4 Å². The summed E-state index contributed by atoms with van der Waals surface area (Å²) in [5.74, 6) is -0.716. The molecule has 1 saturated heterocycles. The molecule has 138 valence electrons. The molecule has 2 aromatic carbocycles. The quantitative estimate of drug-likeness (QED) is 0.819. The molecule has 8 heteroatoms. The fourth-order valence-electron chi connectivity index (χ4n) is 2.84. The van der Waals surface area contributed by atoms with Crippen molar-refractivity contribution >= 4 is 21.6 Å². The van der Waals surface area contributed by atoms with Gasteiger partial charge in [0.25, 0.3) is 15.9 Å². The highest BCUT2D eigenvalue weighted by Gasteiger charge is 2.25. The first kappa shape index (κ1) is 18.3. The molecule has 1 heterocycles. The second-order valence-electron chi connectivity index (χ2n) is 6.35. The van der Waals surface area contributed by atoms with Crippen molar-refractivity contribution in [3.05, 3.63) is 59.9 Å². The summed E-state index contributed by atoms with van der Waals surface area (Å²) in [6.45, 7) is 2.97. The first-order valence-electron chi connectivity index (χ1n) is 8.35. The molecule has 0 aliphatic carbocycles. The van der Waals surface area contributed by atoms with Crippen LogP contribution in [0.25, 0.3) is 0 Å². The Bertz CT molecular complexity index is 892. The van der Waals surface area contributed by atoms with E-state index in [1.807, 2.05) is 0 Å². The van der Waals surface area contributed by atoms with Crippen LogP contribution in [0, 0.1) is 5.82 Å². The van der Waals surface area contributed by atoms with Crippen LogP contribution in [0.5, 0.6) is 0 Å². The lowest BCUT2D eigenvalue weighted by molar-refractivity contribution is -0.883. The van der Waals surface area contributed by atoms with Gasteiger partial charge >= 0.3 is 0 Å². The Balaban J connectivity index is 1.85. The summed E-state index contributed by atoms with van der Waals surface area (Å²) >= 11 is 0. The van der Waals surface area contributed by atoms with E-state index >= 15 is 0 Å². The smallest absolute Gasteiger partial charge is 0.261 e. The second-order valence-corrected chi connectivity index (χ2v) is 8.04. The van der Waals surface area contributed by atoms with Crippen molar-refractivity contribution in [2.24, 2.45) is 0 Å². The van der Waals surface area contributed by atoms with Crippen molar-refractivity contribution in [1.29, 1.82) is 0 Å². The monoisotopic (exact) mass is 378 g/mol. The number of hydrogen-bond acceptors (Lipinski definition) is 3. The minimum absolute atomic E-state index is 0.0654. The molecular formula is C18H21FN3O3S+. The molecule has 26 heavy (non-hydrogen) atoms. The first-order valence-corrected chi connectivity index (χ1v) is 9.83. The molecule has 2 N–H and O–H groups in total.